The van der Waals surface area contributed by atoms with Crippen molar-refractivity contribution in [2.75, 3.05) is 0 Å². The van der Waals surface area contributed by atoms with Crippen LogP contribution >= 0.6 is 0 Å². The standard InChI is InChI=1S/C25H32N4/c1-6-8-18(9-7-2)19-10-11-22-21(13-19)23(16(3)4)24(28-22)20-12-17(5)25-26-15-27-29(25)14-20/h10-16,18,28H,6-9H2,1-5H3. The van der Waals surface area contributed by atoms with Crippen molar-refractivity contribution in [1.82, 2.24) is 19.6 Å². The van der Waals surface area contributed by atoms with E-state index in [4.69, 9.17) is 0 Å². The van der Waals surface area contributed by atoms with Crippen LogP contribution in [0.4, 0.5) is 0 Å². The highest BCUT2D eigenvalue weighted by atomic mass is 15.3. The Hall–Kier alpha value is -2.62. The lowest BCUT2D eigenvalue weighted by atomic mass is 9.88. The minimum Gasteiger partial charge on any atom is -0.354 e. The van der Waals surface area contributed by atoms with Gasteiger partial charge in [-0.05, 0) is 66.5 Å². The Kier molecular flexibility index (Phi) is 5.44. The van der Waals surface area contributed by atoms with E-state index in [1.165, 1.54) is 59.0 Å². The van der Waals surface area contributed by atoms with Gasteiger partial charge < -0.3 is 4.98 Å². The highest BCUT2D eigenvalue weighted by molar-refractivity contribution is 5.92. The molecule has 0 aliphatic heterocycles. The van der Waals surface area contributed by atoms with Gasteiger partial charge in [0.25, 0.3) is 0 Å². The first-order valence-corrected chi connectivity index (χ1v) is 11.0. The second-order valence-electron chi connectivity index (χ2n) is 8.59. The quantitative estimate of drug-likeness (QED) is 0.371. The monoisotopic (exact) mass is 388 g/mol. The lowest BCUT2D eigenvalue weighted by molar-refractivity contribution is 0.561. The van der Waals surface area contributed by atoms with E-state index in [-0.39, 0.29) is 0 Å². The third kappa shape index (κ3) is 3.57. The molecule has 0 saturated carbocycles. The fourth-order valence-electron chi connectivity index (χ4n) is 4.72. The number of nitrogens with zero attached hydrogens (tertiary/aromatic N) is 3. The van der Waals surface area contributed by atoms with E-state index >= 15 is 0 Å². The number of aromatic amines is 1. The van der Waals surface area contributed by atoms with Gasteiger partial charge in [-0.1, -0.05) is 46.6 Å². The first-order chi connectivity index (χ1) is 14.0. The summed E-state index contributed by atoms with van der Waals surface area (Å²) in [5.74, 6) is 1.08. The van der Waals surface area contributed by atoms with Crippen molar-refractivity contribution in [2.45, 2.75) is 72.1 Å². The molecule has 4 rings (SSSR count). The van der Waals surface area contributed by atoms with E-state index in [1.54, 1.807) is 6.33 Å². The molecule has 0 amide bonds. The first-order valence-electron chi connectivity index (χ1n) is 11.0. The van der Waals surface area contributed by atoms with E-state index in [2.05, 4.69) is 80.1 Å². The maximum atomic E-state index is 4.36. The minimum atomic E-state index is 0.427. The van der Waals surface area contributed by atoms with Crippen LogP contribution in [0.25, 0.3) is 27.8 Å². The van der Waals surface area contributed by atoms with Crippen LogP contribution in [0.5, 0.6) is 0 Å². The number of hydrogen-bond acceptors (Lipinski definition) is 2. The topological polar surface area (TPSA) is 46.0 Å². The van der Waals surface area contributed by atoms with Gasteiger partial charge in [-0.3, -0.25) is 0 Å². The molecule has 152 valence electrons. The molecule has 1 aromatic carbocycles. The summed E-state index contributed by atoms with van der Waals surface area (Å²) < 4.78 is 1.88. The van der Waals surface area contributed by atoms with Crippen molar-refractivity contribution in [3.05, 3.63) is 53.5 Å². The zero-order valence-electron chi connectivity index (χ0n) is 18.3. The molecule has 0 aliphatic rings. The molecule has 3 heterocycles. The Morgan fingerprint density at radius 1 is 1.07 bits per heavy atom. The van der Waals surface area contributed by atoms with Gasteiger partial charge in [0, 0.05) is 22.7 Å². The van der Waals surface area contributed by atoms with Gasteiger partial charge in [0.1, 0.15) is 6.33 Å². The molecule has 1 N–H and O–H groups in total. The van der Waals surface area contributed by atoms with E-state index < -0.39 is 0 Å². The van der Waals surface area contributed by atoms with E-state index in [0.29, 0.717) is 11.8 Å². The van der Waals surface area contributed by atoms with Gasteiger partial charge in [0.05, 0.1) is 5.69 Å². The van der Waals surface area contributed by atoms with Crippen LogP contribution in [0.15, 0.2) is 36.8 Å². The average Bonchev–Trinajstić information content (AvgIpc) is 3.31. The molecule has 0 atom stereocenters. The fourth-order valence-corrected chi connectivity index (χ4v) is 4.72. The first kappa shape index (κ1) is 19.7. The Morgan fingerprint density at radius 2 is 1.83 bits per heavy atom. The molecule has 4 aromatic rings. The summed E-state index contributed by atoms with van der Waals surface area (Å²) >= 11 is 0. The van der Waals surface area contributed by atoms with E-state index in [0.717, 1.165) is 11.2 Å². The Labute approximate surface area is 173 Å². The van der Waals surface area contributed by atoms with Crippen molar-refractivity contribution in [3.8, 4) is 11.3 Å². The molecule has 0 spiro atoms. The number of aromatic nitrogens is 4. The van der Waals surface area contributed by atoms with Gasteiger partial charge >= 0.3 is 0 Å². The third-order valence-corrected chi connectivity index (χ3v) is 6.03. The van der Waals surface area contributed by atoms with Crippen molar-refractivity contribution >= 4 is 16.6 Å². The number of hydrogen-bond donors (Lipinski definition) is 1. The zero-order chi connectivity index (χ0) is 20.5. The Morgan fingerprint density at radius 3 is 2.52 bits per heavy atom. The van der Waals surface area contributed by atoms with Gasteiger partial charge in [-0.25, -0.2) is 9.50 Å². The second-order valence-corrected chi connectivity index (χ2v) is 8.59. The van der Waals surface area contributed by atoms with Crippen molar-refractivity contribution in [3.63, 3.8) is 0 Å². The van der Waals surface area contributed by atoms with Crippen LogP contribution in [0.1, 0.15) is 81.9 Å². The molecular weight excluding hydrogens is 356 g/mol. The molecular formula is C25H32N4. The Balaban J connectivity index is 1.89. The molecule has 0 radical (unpaired) electrons. The van der Waals surface area contributed by atoms with Crippen LogP contribution in [-0.4, -0.2) is 19.6 Å². The van der Waals surface area contributed by atoms with Crippen molar-refractivity contribution < 1.29 is 0 Å². The highest BCUT2D eigenvalue weighted by Gasteiger charge is 2.19. The number of aryl methyl sites for hydroxylation is 1. The van der Waals surface area contributed by atoms with Crippen LogP contribution in [0.3, 0.4) is 0 Å². The summed E-state index contributed by atoms with van der Waals surface area (Å²) in [5, 5.41) is 5.73. The lowest BCUT2D eigenvalue weighted by Gasteiger charge is -2.16. The number of fused-ring (bicyclic) bond motifs is 2. The summed E-state index contributed by atoms with van der Waals surface area (Å²) in [5.41, 5.74) is 8.52. The molecule has 0 bridgehead atoms. The molecule has 29 heavy (non-hydrogen) atoms. The van der Waals surface area contributed by atoms with Gasteiger partial charge in [0.2, 0.25) is 0 Å². The molecule has 4 nitrogen and oxygen atoms in total. The number of H-pyrrole nitrogens is 1. The predicted molar refractivity (Wildman–Crippen MR) is 122 cm³/mol. The molecule has 3 aromatic heterocycles. The maximum absolute atomic E-state index is 4.36. The average molecular weight is 389 g/mol. The van der Waals surface area contributed by atoms with Crippen LogP contribution in [0.2, 0.25) is 0 Å². The van der Waals surface area contributed by atoms with E-state index in [9.17, 15) is 0 Å². The highest BCUT2D eigenvalue weighted by Crippen LogP contribution is 2.38. The number of pyridine rings is 1. The number of rotatable bonds is 7. The van der Waals surface area contributed by atoms with Gasteiger partial charge in [-0.15, -0.1) is 0 Å². The normalized spacial score (nSPS) is 12.1. The molecule has 0 saturated heterocycles. The lowest BCUT2D eigenvalue weighted by Crippen LogP contribution is -1.98. The SMILES string of the molecule is CCCC(CCC)c1ccc2[nH]c(-c3cc(C)c4ncnn4c3)c(C(C)C)c2c1. The van der Waals surface area contributed by atoms with Crippen molar-refractivity contribution in [1.29, 1.82) is 0 Å². The predicted octanol–water partition coefficient (Wildman–Crippen LogP) is 6.99. The zero-order valence-corrected chi connectivity index (χ0v) is 18.3. The van der Waals surface area contributed by atoms with Crippen LogP contribution in [0, 0.1) is 6.92 Å². The van der Waals surface area contributed by atoms with Crippen LogP contribution < -0.4 is 0 Å². The van der Waals surface area contributed by atoms with Gasteiger partial charge in [-0.2, -0.15) is 5.10 Å². The second kappa shape index (κ2) is 8.02. The third-order valence-electron chi connectivity index (χ3n) is 6.03. The smallest absolute Gasteiger partial charge is 0.158 e. The summed E-state index contributed by atoms with van der Waals surface area (Å²) in [4.78, 5) is 8.08. The van der Waals surface area contributed by atoms with Crippen LogP contribution in [-0.2, 0) is 0 Å². The molecule has 4 heteroatoms. The molecule has 0 fully saturated rings. The summed E-state index contributed by atoms with van der Waals surface area (Å²) in [7, 11) is 0. The number of nitrogens with one attached hydrogen (secondary N) is 1. The summed E-state index contributed by atoms with van der Waals surface area (Å²) in [6.45, 7) is 11.3. The molecule has 0 aliphatic carbocycles. The minimum absolute atomic E-state index is 0.427. The van der Waals surface area contributed by atoms with Crippen molar-refractivity contribution in [2.24, 2.45) is 0 Å². The summed E-state index contributed by atoms with van der Waals surface area (Å²) in [6.07, 6.45) is 8.69. The maximum Gasteiger partial charge on any atom is 0.158 e. The summed E-state index contributed by atoms with van der Waals surface area (Å²) in [6, 6.07) is 9.27. The van der Waals surface area contributed by atoms with Gasteiger partial charge in [0.15, 0.2) is 5.65 Å². The largest absolute Gasteiger partial charge is 0.354 e. The Bertz CT molecular complexity index is 1130. The number of benzene rings is 1. The van der Waals surface area contributed by atoms with E-state index in [1.807, 2.05) is 4.52 Å². The fraction of sp³-hybridized carbons (Fsp3) is 0.440. The molecule has 0 unspecified atom stereocenters.